The minimum Gasteiger partial charge on any atom is -0.462 e. The van der Waals surface area contributed by atoms with Gasteiger partial charge in [0, 0.05) is 6.42 Å². The standard InChI is InChI=1S/C51H95NO5/c1-4-7-10-13-16-19-22-25-27-30-33-36-39-42-47(57-51(56)44-41-38-35-32-29-26-23-20-17-14-11-8-5-2)45-50(55)52-48(46-53)49(54)43-40-37-34-31-28-24-21-18-15-12-9-6-3/h7,10,13,16,19,22,47-49,53-54H,4-6,8-9,11-12,14-15,17-18,20-21,23-46H2,1-3H3,(H,52,55)/b10-7+,16-13+,22-19+. The predicted molar refractivity (Wildman–Crippen MR) is 246 cm³/mol. The van der Waals surface area contributed by atoms with Gasteiger partial charge in [-0.2, -0.15) is 0 Å². The lowest BCUT2D eigenvalue weighted by molar-refractivity contribution is -0.151. The summed E-state index contributed by atoms with van der Waals surface area (Å²) in [6.45, 7) is 6.35. The molecule has 57 heavy (non-hydrogen) atoms. The molecule has 0 aromatic rings. The number of aliphatic hydroxyl groups is 2. The largest absolute Gasteiger partial charge is 0.462 e. The first-order valence-corrected chi connectivity index (χ1v) is 24.7. The number of carbonyl (C=O) groups excluding carboxylic acids is 2. The van der Waals surface area contributed by atoms with Crippen molar-refractivity contribution in [1.29, 1.82) is 0 Å². The number of hydrogen-bond donors (Lipinski definition) is 3. The van der Waals surface area contributed by atoms with Crippen LogP contribution in [0.4, 0.5) is 0 Å². The number of rotatable bonds is 44. The summed E-state index contributed by atoms with van der Waals surface area (Å²) in [5, 5.41) is 23.7. The van der Waals surface area contributed by atoms with E-state index in [1.165, 1.54) is 122 Å². The summed E-state index contributed by atoms with van der Waals surface area (Å²) in [6, 6.07) is -0.704. The van der Waals surface area contributed by atoms with Crippen LogP contribution >= 0.6 is 0 Å². The molecule has 0 fully saturated rings. The van der Waals surface area contributed by atoms with Gasteiger partial charge < -0.3 is 20.3 Å². The highest BCUT2D eigenvalue weighted by Crippen LogP contribution is 2.18. The molecule has 1 amide bonds. The van der Waals surface area contributed by atoms with Crippen LogP contribution in [0.2, 0.25) is 0 Å². The lowest BCUT2D eigenvalue weighted by Crippen LogP contribution is -2.46. The van der Waals surface area contributed by atoms with E-state index in [-0.39, 0.29) is 24.9 Å². The van der Waals surface area contributed by atoms with Gasteiger partial charge in [-0.15, -0.1) is 0 Å². The van der Waals surface area contributed by atoms with E-state index >= 15 is 0 Å². The molecular weight excluding hydrogens is 707 g/mol. The van der Waals surface area contributed by atoms with Gasteiger partial charge in [0.2, 0.25) is 5.91 Å². The average Bonchev–Trinajstić information content (AvgIpc) is 3.20. The molecule has 0 bridgehead atoms. The summed E-state index contributed by atoms with van der Waals surface area (Å²) >= 11 is 0. The van der Waals surface area contributed by atoms with Gasteiger partial charge in [-0.05, 0) is 44.9 Å². The maximum Gasteiger partial charge on any atom is 0.306 e. The van der Waals surface area contributed by atoms with E-state index in [2.05, 4.69) is 62.5 Å². The second kappa shape index (κ2) is 45.2. The number of unbranched alkanes of at least 4 members (excludes halogenated alkanes) is 28. The van der Waals surface area contributed by atoms with Gasteiger partial charge in [0.05, 0.1) is 25.2 Å². The smallest absolute Gasteiger partial charge is 0.306 e. The molecule has 0 aromatic heterocycles. The van der Waals surface area contributed by atoms with Crippen LogP contribution in [0.1, 0.15) is 252 Å². The Balaban J connectivity index is 4.59. The highest BCUT2D eigenvalue weighted by atomic mass is 16.5. The Hall–Kier alpha value is -1.92. The quantitative estimate of drug-likeness (QED) is 0.0324. The number of nitrogens with one attached hydrogen (secondary N) is 1. The third-order valence-corrected chi connectivity index (χ3v) is 11.3. The van der Waals surface area contributed by atoms with Crippen LogP contribution in [0.3, 0.4) is 0 Å². The number of ether oxygens (including phenoxy) is 1. The first kappa shape index (κ1) is 55.1. The fourth-order valence-corrected chi connectivity index (χ4v) is 7.55. The average molecular weight is 802 g/mol. The zero-order valence-corrected chi connectivity index (χ0v) is 38.0. The minimum absolute atomic E-state index is 0.0674. The third kappa shape index (κ3) is 40.6. The van der Waals surface area contributed by atoms with Crippen LogP contribution in [-0.4, -0.2) is 46.9 Å². The Morgan fingerprint density at radius 2 is 0.947 bits per heavy atom. The summed E-state index contributed by atoms with van der Waals surface area (Å²) in [4.78, 5) is 26.1. The molecule has 0 spiro atoms. The van der Waals surface area contributed by atoms with Crippen molar-refractivity contribution in [2.24, 2.45) is 0 Å². The van der Waals surface area contributed by atoms with E-state index in [0.717, 1.165) is 83.5 Å². The van der Waals surface area contributed by atoms with Crippen LogP contribution < -0.4 is 5.32 Å². The Morgan fingerprint density at radius 1 is 0.526 bits per heavy atom. The van der Waals surface area contributed by atoms with Gasteiger partial charge in [-0.25, -0.2) is 0 Å². The molecule has 0 radical (unpaired) electrons. The Morgan fingerprint density at radius 3 is 1.42 bits per heavy atom. The molecule has 0 saturated carbocycles. The lowest BCUT2D eigenvalue weighted by atomic mass is 10.0. The van der Waals surface area contributed by atoms with E-state index < -0.39 is 18.2 Å². The molecule has 0 rings (SSSR count). The Kier molecular flexibility index (Phi) is 43.6. The monoisotopic (exact) mass is 802 g/mol. The lowest BCUT2D eigenvalue weighted by Gasteiger charge is -2.24. The first-order chi connectivity index (χ1) is 28.0. The topological polar surface area (TPSA) is 95.9 Å². The molecular formula is C51H95NO5. The number of esters is 1. The summed E-state index contributed by atoms with van der Waals surface area (Å²) in [5.41, 5.74) is 0. The van der Waals surface area contributed by atoms with Crippen molar-refractivity contribution in [3.8, 4) is 0 Å². The van der Waals surface area contributed by atoms with E-state index in [1.807, 2.05) is 0 Å². The molecule has 6 heteroatoms. The molecule has 3 N–H and O–H groups in total. The third-order valence-electron chi connectivity index (χ3n) is 11.3. The van der Waals surface area contributed by atoms with Crippen molar-refractivity contribution in [2.45, 2.75) is 270 Å². The Bertz CT molecular complexity index is 946. The van der Waals surface area contributed by atoms with Crippen molar-refractivity contribution in [3.05, 3.63) is 36.5 Å². The van der Waals surface area contributed by atoms with Crippen LogP contribution in [0.25, 0.3) is 0 Å². The molecule has 6 nitrogen and oxygen atoms in total. The molecule has 0 aliphatic rings. The van der Waals surface area contributed by atoms with E-state index in [1.54, 1.807) is 0 Å². The molecule has 0 aromatic carbocycles. The Labute approximate surface area is 353 Å². The first-order valence-electron chi connectivity index (χ1n) is 24.7. The van der Waals surface area contributed by atoms with Crippen molar-refractivity contribution >= 4 is 11.9 Å². The van der Waals surface area contributed by atoms with Crippen LogP contribution in [0.5, 0.6) is 0 Å². The molecule has 0 heterocycles. The number of allylic oxidation sites excluding steroid dienone is 6. The number of aliphatic hydroxyl groups excluding tert-OH is 2. The molecule has 0 aliphatic heterocycles. The van der Waals surface area contributed by atoms with Crippen molar-refractivity contribution in [3.63, 3.8) is 0 Å². The van der Waals surface area contributed by atoms with Gasteiger partial charge in [0.25, 0.3) is 0 Å². The maximum atomic E-state index is 13.2. The summed E-state index contributed by atoms with van der Waals surface area (Å²) < 4.78 is 5.91. The summed E-state index contributed by atoms with van der Waals surface area (Å²) in [5.74, 6) is -0.486. The van der Waals surface area contributed by atoms with E-state index in [4.69, 9.17) is 4.74 Å². The molecule has 0 saturated heterocycles. The molecule has 3 unspecified atom stereocenters. The number of hydrogen-bond acceptors (Lipinski definition) is 5. The second-order valence-electron chi connectivity index (χ2n) is 16.9. The predicted octanol–water partition coefficient (Wildman–Crippen LogP) is 14.5. The molecule has 0 aliphatic carbocycles. The van der Waals surface area contributed by atoms with Crippen molar-refractivity contribution in [2.75, 3.05) is 6.61 Å². The number of amides is 1. The van der Waals surface area contributed by atoms with Crippen LogP contribution in [-0.2, 0) is 14.3 Å². The highest BCUT2D eigenvalue weighted by Gasteiger charge is 2.24. The normalized spacial score (nSPS) is 13.6. The van der Waals surface area contributed by atoms with Crippen molar-refractivity contribution < 1.29 is 24.5 Å². The zero-order valence-electron chi connectivity index (χ0n) is 38.0. The van der Waals surface area contributed by atoms with Gasteiger partial charge >= 0.3 is 5.97 Å². The van der Waals surface area contributed by atoms with E-state index in [9.17, 15) is 19.8 Å². The SMILES string of the molecule is CC/C=C/C=C/C=C/CCCCCCCC(CC(=O)NC(CO)C(O)CCCCCCCCCCCCCC)OC(=O)CCCCCCCCCCCCCCC. The van der Waals surface area contributed by atoms with Crippen LogP contribution in [0, 0.1) is 0 Å². The second-order valence-corrected chi connectivity index (χ2v) is 16.9. The zero-order chi connectivity index (χ0) is 41.7. The minimum atomic E-state index is -0.789. The molecule has 334 valence electrons. The summed E-state index contributed by atoms with van der Waals surface area (Å²) in [7, 11) is 0. The summed E-state index contributed by atoms with van der Waals surface area (Å²) in [6.07, 6.45) is 52.0. The van der Waals surface area contributed by atoms with Gasteiger partial charge in [0.15, 0.2) is 0 Å². The van der Waals surface area contributed by atoms with Gasteiger partial charge in [0.1, 0.15) is 6.10 Å². The fourth-order valence-electron chi connectivity index (χ4n) is 7.55. The van der Waals surface area contributed by atoms with Crippen LogP contribution in [0.15, 0.2) is 36.5 Å². The highest BCUT2D eigenvalue weighted by molar-refractivity contribution is 5.77. The number of carbonyl (C=O) groups is 2. The maximum absolute atomic E-state index is 13.2. The van der Waals surface area contributed by atoms with Crippen molar-refractivity contribution in [1.82, 2.24) is 5.32 Å². The van der Waals surface area contributed by atoms with E-state index in [0.29, 0.717) is 19.3 Å². The fraction of sp³-hybridized carbons (Fsp3) is 0.843. The van der Waals surface area contributed by atoms with Gasteiger partial charge in [-0.1, -0.05) is 231 Å². The molecule has 3 atom stereocenters. The van der Waals surface area contributed by atoms with Gasteiger partial charge in [-0.3, -0.25) is 9.59 Å².